The van der Waals surface area contributed by atoms with E-state index in [1.54, 1.807) is 45.8 Å². The predicted octanol–water partition coefficient (Wildman–Crippen LogP) is 5.42. The molecule has 282 valence electrons. The maximum atomic E-state index is 14.1. The van der Waals surface area contributed by atoms with Crippen molar-refractivity contribution in [1.82, 2.24) is 10.2 Å². The molecule has 2 unspecified atom stereocenters. The van der Waals surface area contributed by atoms with E-state index in [2.05, 4.69) is 5.32 Å². The smallest absolute Gasteiger partial charge is 0.409 e. The number of benzene rings is 1. The van der Waals surface area contributed by atoms with Gasteiger partial charge < -0.3 is 33.9 Å². The Morgan fingerprint density at radius 1 is 1.27 bits per heavy atom. The number of carbonyl (C=O) groups excluding carboxylic acids is 4. The van der Waals surface area contributed by atoms with Crippen LogP contribution in [-0.2, 0) is 35.0 Å². The van der Waals surface area contributed by atoms with Gasteiger partial charge in [-0.25, -0.2) is 9.59 Å². The number of carbonyl (C=O) groups is 4. The van der Waals surface area contributed by atoms with Gasteiger partial charge in [0, 0.05) is 44.5 Å². The number of aliphatic hydroxyl groups is 1. The van der Waals surface area contributed by atoms with Crippen molar-refractivity contribution in [2.75, 3.05) is 32.4 Å². The van der Waals surface area contributed by atoms with Crippen molar-refractivity contribution in [2.24, 2.45) is 5.92 Å². The summed E-state index contributed by atoms with van der Waals surface area (Å²) in [4.78, 5) is 56.2. The monoisotopic (exact) mass is 749 g/mol. The fourth-order valence-corrected chi connectivity index (χ4v) is 7.23. The second kappa shape index (κ2) is 16.6. The van der Waals surface area contributed by atoms with E-state index in [9.17, 15) is 24.3 Å². The lowest BCUT2D eigenvalue weighted by Gasteiger charge is -2.39. The maximum absolute atomic E-state index is 14.1. The third kappa shape index (κ3) is 9.60. The van der Waals surface area contributed by atoms with E-state index >= 15 is 0 Å². The quantitative estimate of drug-likeness (QED) is 0.261. The lowest BCUT2D eigenvalue weighted by atomic mass is 9.84. The van der Waals surface area contributed by atoms with Gasteiger partial charge >= 0.3 is 12.1 Å². The lowest BCUT2D eigenvalue weighted by molar-refractivity contribution is -0.162. The highest BCUT2D eigenvalue weighted by Gasteiger charge is 2.64. The van der Waals surface area contributed by atoms with E-state index in [1.807, 2.05) is 51.3 Å². The van der Waals surface area contributed by atoms with Gasteiger partial charge in [0.1, 0.15) is 40.3 Å². The predicted molar refractivity (Wildman–Crippen MR) is 197 cm³/mol. The molecule has 12 nitrogen and oxygen atoms in total. The molecular formula is C37H52ClN3O9S. The number of fused-ring (bicyclic) bond motifs is 5. The number of halogens is 1. The standard InChI is InChI=1S/C37H52ClN3O9S/c1-21-12-10-11-15-37(46)20-28(48-35(45)39-37)23(3)33-36(5,50-33)29(49-34(44)24(4)40(6)30(42)14-13-22(2)51-9)19-31(43)41(7)26-17-25(16-21)18-27(47-8)32(26)38/h10-12,17-18,22-24,28-29,33,46H,13-16,19-20H2,1-9H3,(H,39,45)/b11-10+,21-12+/t22?,23-,24+,28+,29?,33+,36+,37-/m1/s1. The molecule has 14 heteroatoms. The topological polar surface area (TPSA) is 147 Å². The average Bonchev–Trinajstić information content (AvgIpc) is 3.79. The van der Waals surface area contributed by atoms with Crippen molar-refractivity contribution in [3.8, 4) is 5.75 Å². The van der Waals surface area contributed by atoms with Crippen molar-refractivity contribution in [3.05, 3.63) is 46.5 Å². The summed E-state index contributed by atoms with van der Waals surface area (Å²) < 4.78 is 23.5. The third-order valence-corrected chi connectivity index (χ3v) is 11.7. The molecule has 51 heavy (non-hydrogen) atoms. The zero-order valence-corrected chi connectivity index (χ0v) is 32.6. The Bertz CT molecular complexity index is 1550. The SMILES string of the molecule is COc1cc2cc(c1Cl)N(C)C(=O)CC(OC(=O)[C@H](C)N(C)C(=O)CCC(C)SC)[C@]1(C)O[C@H]1[C@H](C)[C@@H]1C[C@](O)(C/C=C/C=C(\C)C2)NC(=O)O1. The molecule has 1 aromatic carbocycles. The summed E-state index contributed by atoms with van der Waals surface area (Å²) in [5, 5.41) is 14.5. The molecule has 3 aliphatic heterocycles. The molecule has 0 aliphatic carbocycles. The van der Waals surface area contributed by atoms with Gasteiger partial charge in [0.15, 0.2) is 0 Å². The molecule has 0 saturated carbocycles. The minimum Gasteiger partial charge on any atom is -0.495 e. The van der Waals surface area contributed by atoms with Gasteiger partial charge in [-0.15, -0.1) is 0 Å². The van der Waals surface area contributed by atoms with Gasteiger partial charge in [0.25, 0.3) is 0 Å². The van der Waals surface area contributed by atoms with Gasteiger partial charge in [0.05, 0.1) is 25.3 Å². The average molecular weight is 750 g/mol. The van der Waals surface area contributed by atoms with Crippen molar-refractivity contribution >= 4 is 52.9 Å². The third-order valence-electron chi connectivity index (χ3n) is 10.3. The summed E-state index contributed by atoms with van der Waals surface area (Å²) in [6, 6.07) is 2.69. The minimum absolute atomic E-state index is 0.0816. The first-order chi connectivity index (χ1) is 23.9. The highest BCUT2D eigenvalue weighted by atomic mass is 35.5. The van der Waals surface area contributed by atoms with Crippen LogP contribution in [0.3, 0.4) is 0 Å². The summed E-state index contributed by atoms with van der Waals surface area (Å²) in [6.07, 6.45) is 5.69. The van der Waals surface area contributed by atoms with Crippen LogP contribution in [0.4, 0.5) is 10.5 Å². The van der Waals surface area contributed by atoms with Gasteiger partial charge in [0.2, 0.25) is 11.8 Å². The number of nitrogens with zero attached hydrogens (tertiary/aromatic N) is 2. The Kier molecular flexibility index (Phi) is 13.2. The fourth-order valence-electron chi connectivity index (χ4n) is 6.57. The van der Waals surface area contributed by atoms with E-state index in [0.717, 1.165) is 11.1 Å². The molecule has 3 aliphatic rings. The number of nitrogens with one attached hydrogen (secondary N) is 1. The van der Waals surface area contributed by atoms with Crippen LogP contribution in [0.25, 0.3) is 0 Å². The molecule has 2 fully saturated rings. The molecule has 2 saturated heterocycles. The number of allylic oxidation sites excluding steroid dienone is 3. The first-order valence-corrected chi connectivity index (χ1v) is 18.9. The first kappa shape index (κ1) is 40.5. The molecule has 2 N–H and O–H groups in total. The van der Waals surface area contributed by atoms with E-state index in [0.29, 0.717) is 24.3 Å². The molecule has 8 atom stereocenters. The number of hydrogen-bond donors (Lipinski definition) is 2. The van der Waals surface area contributed by atoms with E-state index in [1.165, 1.54) is 16.9 Å². The zero-order valence-electron chi connectivity index (χ0n) is 31.0. The van der Waals surface area contributed by atoms with E-state index in [4.69, 9.17) is 30.5 Å². The van der Waals surface area contributed by atoms with Crippen LogP contribution in [0.2, 0.25) is 5.02 Å². The van der Waals surface area contributed by atoms with Crippen LogP contribution in [-0.4, -0.2) is 102 Å². The fraction of sp³-hybridized carbons (Fsp3) is 0.622. The minimum atomic E-state index is -1.57. The molecule has 3 amide bonds. The van der Waals surface area contributed by atoms with Crippen molar-refractivity contribution < 1.29 is 43.2 Å². The number of ether oxygens (including phenoxy) is 4. The second-order valence-electron chi connectivity index (χ2n) is 14.2. The molecule has 4 rings (SSSR count). The largest absolute Gasteiger partial charge is 0.495 e. The van der Waals surface area contributed by atoms with Gasteiger partial charge in [-0.05, 0) is 57.6 Å². The number of alkyl carbamates (subject to hydrolysis) is 1. The number of esters is 1. The van der Waals surface area contributed by atoms with Crippen LogP contribution >= 0.6 is 23.4 Å². The number of epoxide rings is 1. The van der Waals surface area contributed by atoms with Crippen LogP contribution in [0.1, 0.15) is 72.3 Å². The number of methoxy groups -OCH3 is 1. The number of thioether (sulfide) groups is 1. The van der Waals surface area contributed by atoms with E-state index in [-0.39, 0.29) is 41.9 Å². The van der Waals surface area contributed by atoms with Crippen molar-refractivity contribution in [1.29, 1.82) is 0 Å². The Morgan fingerprint density at radius 2 is 1.98 bits per heavy atom. The Morgan fingerprint density at radius 3 is 2.65 bits per heavy atom. The van der Waals surface area contributed by atoms with E-state index < -0.39 is 59.6 Å². The number of hydrogen-bond acceptors (Lipinski definition) is 10. The lowest BCUT2D eigenvalue weighted by Crippen LogP contribution is -2.57. The van der Waals surface area contributed by atoms with Crippen LogP contribution in [0, 0.1) is 5.92 Å². The molecule has 0 radical (unpaired) electrons. The summed E-state index contributed by atoms with van der Waals surface area (Å²) in [6.45, 7) is 9.16. The Balaban J connectivity index is 1.70. The number of amides is 3. The van der Waals surface area contributed by atoms with Gasteiger partial charge in [-0.3, -0.25) is 14.9 Å². The molecule has 1 aromatic rings. The molecular weight excluding hydrogens is 698 g/mol. The van der Waals surface area contributed by atoms with Crippen molar-refractivity contribution in [2.45, 2.75) is 114 Å². The number of rotatable bonds is 8. The number of likely N-dealkylation sites (N-methyl/N-ethyl adjacent to an activating group) is 1. The maximum Gasteiger partial charge on any atom is 0.409 e. The van der Waals surface area contributed by atoms with Gasteiger partial charge in [-0.2, -0.15) is 11.8 Å². The van der Waals surface area contributed by atoms with Gasteiger partial charge in [-0.1, -0.05) is 49.2 Å². The Hall–Kier alpha value is -3.26. The molecule has 4 bridgehead atoms. The Labute approximate surface area is 310 Å². The second-order valence-corrected chi connectivity index (χ2v) is 15.8. The van der Waals surface area contributed by atoms with Crippen LogP contribution in [0.5, 0.6) is 5.75 Å². The first-order valence-electron chi connectivity index (χ1n) is 17.3. The summed E-state index contributed by atoms with van der Waals surface area (Å²) >= 11 is 8.41. The number of anilines is 1. The molecule has 0 aromatic heterocycles. The molecule has 0 spiro atoms. The zero-order chi connectivity index (χ0) is 37.8. The summed E-state index contributed by atoms with van der Waals surface area (Å²) in [5.74, 6) is -1.35. The highest BCUT2D eigenvalue weighted by Crippen LogP contribution is 2.49. The summed E-state index contributed by atoms with van der Waals surface area (Å²) in [5.41, 5.74) is -0.488. The highest BCUT2D eigenvalue weighted by molar-refractivity contribution is 7.99. The molecule has 3 heterocycles. The van der Waals surface area contributed by atoms with Crippen LogP contribution in [0.15, 0.2) is 35.9 Å². The normalized spacial score (nSPS) is 31.1. The van der Waals surface area contributed by atoms with Crippen molar-refractivity contribution in [3.63, 3.8) is 0 Å². The van der Waals surface area contributed by atoms with Crippen LogP contribution < -0.4 is 15.0 Å². The summed E-state index contributed by atoms with van der Waals surface area (Å²) in [7, 11) is 4.65.